The Morgan fingerprint density at radius 1 is 0.463 bits per heavy atom. The van der Waals surface area contributed by atoms with E-state index in [1.165, 1.54) is 0 Å². The number of carboxylic acids is 1. The quantitative estimate of drug-likeness (QED) is 0.0152. The molecule has 1 aromatic heterocycles. The zero-order valence-electron chi connectivity index (χ0n) is 67.2. The number of aliphatic hydroxyl groups excluding tert-OH is 3. The molecule has 40 heteroatoms. The van der Waals surface area contributed by atoms with Crippen LogP contribution in [0.5, 0.6) is 0 Å². The number of benzene rings is 4. The maximum absolute atomic E-state index is 15.4. The van der Waals surface area contributed by atoms with Gasteiger partial charge in [0.1, 0.15) is 78.5 Å². The number of nitrogens with one attached hydrogen (secondary N) is 15. The minimum Gasteiger partial charge on any atom is -0.480 e. The van der Waals surface area contributed by atoms with E-state index in [1.807, 2.05) is 0 Å². The van der Waals surface area contributed by atoms with E-state index in [4.69, 9.17) is 22.9 Å². The summed E-state index contributed by atoms with van der Waals surface area (Å²) < 4.78 is 0. The average Bonchev–Trinajstić information content (AvgIpc) is 1.70. The fourth-order valence-corrected chi connectivity index (χ4v) is 15.7. The number of carbonyl (C=O) groups is 15. The van der Waals surface area contributed by atoms with Crippen molar-refractivity contribution in [2.45, 2.75) is 200 Å². The van der Waals surface area contributed by atoms with E-state index >= 15 is 14.4 Å². The summed E-state index contributed by atoms with van der Waals surface area (Å²) in [5, 5.41) is 79.9. The normalized spacial score (nSPS) is 24.2. The van der Waals surface area contributed by atoms with Crippen molar-refractivity contribution in [2.24, 2.45) is 22.9 Å². The second kappa shape index (κ2) is 50.8. The fraction of sp³-hybridized carbons (Fsp3) is 0.494. The minimum atomic E-state index is -1.99. The van der Waals surface area contributed by atoms with Crippen molar-refractivity contribution < 1.29 is 92.3 Å². The number of aliphatic carboxylic acids is 1. The lowest BCUT2D eigenvalue weighted by molar-refractivity contribution is -0.142. The highest BCUT2D eigenvalue weighted by molar-refractivity contribution is 8.76. The summed E-state index contributed by atoms with van der Waals surface area (Å²) in [4.78, 5) is 221. The molecule has 0 bridgehead atoms. The van der Waals surface area contributed by atoms with E-state index in [1.54, 1.807) is 121 Å². The Morgan fingerprint density at radius 2 is 0.876 bits per heavy atom. The summed E-state index contributed by atoms with van der Waals surface area (Å²) in [7, 11) is 1.68. The number of hydrogen-bond donors (Lipinski definition) is 23. The number of H-pyrrole nitrogens is 1. The number of aromatic nitrogens is 1. The number of primary amides is 1. The summed E-state index contributed by atoms with van der Waals surface area (Å²) in [6, 6.07) is 8.82. The molecule has 2 aliphatic heterocycles. The predicted octanol–water partition coefficient (Wildman–Crippen LogP) is -4.40. The minimum absolute atomic E-state index is 0.118. The molecule has 3 heterocycles. The Morgan fingerprint density at radius 3 is 1.36 bits per heavy atom. The van der Waals surface area contributed by atoms with Gasteiger partial charge in [0, 0.05) is 54.3 Å². The van der Waals surface area contributed by atoms with Crippen LogP contribution in [0.1, 0.15) is 106 Å². The zero-order chi connectivity index (χ0) is 87.9. The monoisotopic (exact) mass is 1720 g/mol. The van der Waals surface area contributed by atoms with Gasteiger partial charge < -0.3 is 123 Å². The molecule has 7 rings (SSSR count). The number of carbonyl (C=O) groups excluding carboxylic acids is 14. The van der Waals surface area contributed by atoms with E-state index in [-0.39, 0.29) is 89.6 Å². The Hall–Kier alpha value is -11.1. The number of hydrogen-bond acceptors (Lipinski definition) is 24. The highest BCUT2D eigenvalue weighted by Crippen LogP contribution is 2.25. The molecule has 0 spiro atoms. The first-order valence-electron chi connectivity index (χ1n) is 40.2. The van der Waals surface area contributed by atoms with Crippen LogP contribution in [-0.2, 0) is 97.6 Å². The third kappa shape index (κ3) is 31.8. The molecule has 14 amide bonds. The highest BCUT2D eigenvalue weighted by Gasteiger charge is 2.40. The number of fused-ring (bicyclic) bond motifs is 1. The largest absolute Gasteiger partial charge is 0.480 e. The van der Waals surface area contributed by atoms with E-state index < -0.39 is 205 Å². The van der Waals surface area contributed by atoms with Gasteiger partial charge in [0.05, 0.1) is 31.8 Å². The molecule has 121 heavy (non-hydrogen) atoms. The average molecular weight is 1720 g/mol. The first kappa shape index (κ1) is 97.0. The van der Waals surface area contributed by atoms with Crippen LogP contribution in [0, 0.1) is 0 Å². The first-order chi connectivity index (χ1) is 58.1. The maximum Gasteiger partial charge on any atom is 0.326 e. The van der Waals surface area contributed by atoms with Crippen molar-refractivity contribution in [2.75, 3.05) is 50.9 Å². The van der Waals surface area contributed by atoms with Crippen molar-refractivity contribution in [1.82, 2.24) is 79.4 Å². The van der Waals surface area contributed by atoms with Gasteiger partial charge in [-0.1, -0.05) is 131 Å². The van der Waals surface area contributed by atoms with Crippen molar-refractivity contribution >= 4 is 121 Å². The smallest absolute Gasteiger partial charge is 0.326 e. The van der Waals surface area contributed by atoms with E-state index in [0.29, 0.717) is 71.8 Å². The van der Waals surface area contributed by atoms with Crippen LogP contribution in [0.3, 0.4) is 0 Å². The molecule has 5 aromatic rings. The number of amides is 14. The molecular formula is C81H113N19O19S2. The maximum atomic E-state index is 15.4. The molecule has 2 saturated heterocycles. The second-order valence-corrected chi connectivity index (χ2v) is 32.1. The van der Waals surface area contributed by atoms with Gasteiger partial charge in [-0.3, -0.25) is 67.1 Å². The van der Waals surface area contributed by atoms with Crippen molar-refractivity contribution in [1.29, 1.82) is 0 Å². The predicted molar refractivity (Wildman–Crippen MR) is 449 cm³/mol. The summed E-state index contributed by atoms with van der Waals surface area (Å²) in [6.07, 6.45) is -0.0726. The van der Waals surface area contributed by atoms with Gasteiger partial charge in [0.15, 0.2) is 0 Å². The summed E-state index contributed by atoms with van der Waals surface area (Å²) >= 11 is 0. The van der Waals surface area contributed by atoms with Crippen LogP contribution in [0.2, 0.25) is 0 Å². The van der Waals surface area contributed by atoms with Gasteiger partial charge in [-0.15, -0.1) is 0 Å². The van der Waals surface area contributed by atoms with Crippen LogP contribution >= 0.6 is 21.6 Å². The van der Waals surface area contributed by atoms with Gasteiger partial charge in [0.2, 0.25) is 82.7 Å². The van der Waals surface area contributed by atoms with Crippen LogP contribution < -0.4 is 97.4 Å². The van der Waals surface area contributed by atoms with Gasteiger partial charge in [0.25, 0.3) is 0 Å². The number of aromatic amines is 1. The molecule has 38 nitrogen and oxygen atoms in total. The topological polar surface area (TPSA) is 625 Å². The zero-order valence-corrected chi connectivity index (χ0v) is 68.8. The van der Waals surface area contributed by atoms with Crippen molar-refractivity contribution in [3.05, 3.63) is 144 Å². The summed E-state index contributed by atoms with van der Waals surface area (Å²) in [5.74, 6) is -17.1. The van der Waals surface area contributed by atoms with Gasteiger partial charge in [-0.2, -0.15) is 0 Å². The Bertz CT molecular complexity index is 4280. The SMILES string of the molecule is C[C@@H](O)[C@@H]1NC(=O)C(CCCCN)NC(=O)[C@H](Cc2c[nH]c3ccccc23)NC(=O)C(Cc2ccccc2)NC(=O)[C@H](Cc2ccccc2)NC(=O)C(CC(N)=O)NC(=O)[C@H](CCCCN)NC(=O)[C@@H](NC(=O)[C@@H]2CCCN2)CSSCC(C(=O)N[C@@H](CCCCN)C(=O)O)NC(=O)[C@H](CO)NC(=O)C(CO)NC(=O)[C@H](Cc2ccccc2)NC1=O. The van der Waals surface area contributed by atoms with Gasteiger partial charge in [-0.05, 0) is 132 Å². The molecule has 27 N–H and O–H groups in total. The molecule has 15 atom stereocenters. The van der Waals surface area contributed by atoms with E-state index in [9.17, 15) is 78.0 Å². The Balaban J connectivity index is 1.33. The molecule has 2 aliphatic rings. The lowest BCUT2D eigenvalue weighted by Crippen LogP contribution is -2.63. The van der Waals surface area contributed by atoms with E-state index in [2.05, 4.69) is 79.4 Å². The van der Waals surface area contributed by atoms with Crippen molar-refractivity contribution in [3.8, 4) is 0 Å². The lowest BCUT2D eigenvalue weighted by atomic mass is 10.00. The third-order valence-electron chi connectivity index (χ3n) is 20.1. The fourth-order valence-electron chi connectivity index (χ4n) is 13.4. The lowest BCUT2D eigenvalue weighted by Gasteiger charge is -2.29. The van der Waals surface area contributed by atoms with Crippen LogP contribution in [0.25, 0.3) is 10.9 Å². The molecule has 0 radical (unpaired) electrons. The molecular weight excluding hydrogens is 1610 g/mol. The molecule has 5 unspecified atom stereocenters. The molecule has 2 fully saturated rings. The molecule has 4 aromatic carbocycles. The molecule has 0 saturated carbocycles. The standard InChI is InChI=1S/C81H113N19O19S2/c1-46(103)67-80(117)95-59(38-49-24-9-4-10-25-49)73(110)96-62(42-101)76(113)97-63(43-102)77(114)99-65(79(116)90-56(81(118)119)30-15-18-34-84)45-121-120-44-64(98-68(105)53-31-19-35-86-53)78(115)89-54(28-13-16-32-82)69(106)94-61(40-66(85)104)75(112)92-57(36-47-20-5-2-6-21-47)71(108)91-58(37-48-22-7-3-8-23-48)72(109)93-60(39-50-41-87-52-27-12-11-26-51(50)52)74(111)88-55(70(107)100-67)29-14-17-33-83/h2-12,20-27,41,46,53-65,67,86-87,101-103H,13-19,28-40,42-45,82-84H2,1H3,(H2,85,104)(H,88,111)(H,89,115)(H,90,116)(H,91,108)(H,92,112)(H,93,109)(H,94,106)(H,95,117)(H,96,110)(H,97,113)(H,98,105)(H,99,114)(H,100,107)(H,118,119)/t46-,53+,54+,55?,56+,57+,58?,59+,60+,61?,62?,63+,64+,65?,67+/m1/s1. The summed E-state index contributed by atoms with van der Waals surface area (Å²) in [6.45, 7) is -0.341. The molecule has 658 valence electrons. The number of unbranched alkanes of at least 4 members (excludes halogenated alkanes) is 3. The van der Waals surface area contributed by atoms with Crippen molar-refractivity contribution in [3.63, 3.8) is 0 Å². The number of para-hydroxylation sites is 1. The van der Waals surface area contributed by atoms with Crippen LogP contribution in [0.15, 0.2) is 121 Å². The summed E-state index contributed by atoms with van der Waals surface area (Å²) in [5.41, 5.74) is 25.8. The Kier molecular flexibility index (Phi) is 40.8. The number of carboxylic acid groups (broad SMARTS) is 1. The van der Waals surface area contributed by atoms with E-state index in [0.717, 1.165) is 28.5 Å². The number of nitrogens with two attached hydrogens (primary N) is 4. The third-order valence-corrected chi connectivity index (χ3v) is 22.5. The van der Waals surface area contributed by atoms with Crippen LogP contribution in [-0.4, -0.2) is 256 Å². The second-order valence-electron chi connectivity index (χ2n) is 29.5. The number of rotatable bonds is 30. The van der Waals surface area contributed by atoms with Gasteiger partial charge in [-0.25, -0.2) is 4.79 Å². The van der Waals surface area contributed by atoms with Gasteiger partial charge >= 0.3 is 5.97 Å². The van der Waals surface area contributed by atoms with Crippen LogP contribution in [0.4, 0.5) is 0 Å². The highest BCUT2D eigenvalue weighted by atomic mass is 33.1. The Labute approximate surface area is 707 Å². The first-order valence-corrected chi connectivity index (χ1v) is 42.7. The molecule has 0 aliphatic carbocycles. The number of aliphatic hydroxyl groups is 3.